The first kappa shape index (κ1) is 16.7. The van der Waals surface area contributed by atoms with E-state index in [1.165, 1.54) is 13.8 Å². The van der Waals surface area contributed by atoms with Crippen molar-refractivity contribution in [2.45, 2.75) is 32.4 Å². The molecule has 7 nitrogen and oxygen atoms in total. The second kappa shape index (κ2) is 5.13. The van der Waals surface area contributed by atoms with Crippen LogP contribution in [0.1, 0.15) is 27.7 Å². The number of oxime groups is 1. The minimum Gasteiger partial charge on any atom is -0.409 e. The molecule has 8 heteroatoms. The molecule has 106 valence electrons. The number of nitrogens with zero attached hydrogens (tertiary/aromatic N) is 1. The van der Waals surface area contributed by atoms with Crippen LogP contribution in [0.25, 0.3) is 0 Å². The van der Waals surface area contributed by atoms with Gasteiger partial charge in [0.05, 0.1) is 0 Å². The van der Waals surface area contributed by atoms with E-state index in [1.807, 2.05) is 0 Å². The molecular weight excluding hydrogens is 258 g/mol. The Morgan fingerprint density at radius 1 is 1.33 bits per heavy atom. The predicted molar refractivity (Wildman–Crippen MR) is 69.1 cm³/mol. The second-order valence-corrected chi connectivity index (χ2v) is 7.90. The number of nitrogens with two attached hydrogens (primary N) is 1. The monoisotopic (exact) mass is 279 g/mol. The zero-order valence-electron chi connectivity index (χ0n) is 11.3. The standard InChI is InChI=1S/C10H21N3O4S/c1-9(2,7(11)13-15)6-12-8(14)10(3,4)18(5,16)17/h15H,6H2,1-5H3,(H2,11,13)(H,12,14). The SMILES string of the molecule is CC(C)(CNC(=O)C(C)(C)S(C)(=O)=O)C(N)=NO. The van der Waals surface area contributed by atoms with E-state index in [-0.39, 0.29) is 12.4 Å². The number of carbonyl (C=O) groups excluding carboxylic acids is 1. The fourth-order valence-electron chi connectivity index (χ4n) is 0.908. The third-order valence-electron chi connectivity index (χ3n) is 2.97. The molecule has 0 unspecified atom stereocenters. The van der Waals surface area contributed by atoms with Crippen LogP contribution in [-0.2, 0) is 14.6 Å². The zero-order valence-corrected chi connectivity index (χ0v) is 12.1. The average Bonchev–Trinajstić information content (AvgIpc) is 2.22. The summed E-state index contributed by atoms with van der Waals surface area (Å²) >= 11 is 0. The maximum atomic E-state index is 11.8. The second-order valence-electron chi connectivity index (χ2n) is 5.33. The molecule has 0 aliphatic heterocycles. The van der Waals surface area contributed by atoms with Gasteiger partial charge in [0.15, 0.2) is 9.84 Å². The molecule has 0 spiro atoms. The van der Waals surface area contributed by atoms with E-state index < -0.39 is 25.9 Å². The summed E-state index contributed by atoms with van der Waals surface area (Å²) in [6, 6.07) is 0. The van der Waals surface area contributed by atoms with Crippen molar-refractivity contribution >= 4 is 21.6 Å². The van der Waals surface area contributed by atoms with Gasteiger partial charge in [-0.25, -0.2) is 8.42 Å². The van der Waals surface area contributed by atoms with Gasteiger partial charge < -0.3 is 16.3 Å². The van der Waals surface area contributed by atoms with Crippen LogP contribution in [0.5, 0.6) is 0 Å². The number of carbonyl (C=O) groups is 1. The molecule has 18 heavy (non-hydrogen) atoms. The van der Waals surface area contributed by atoms with E-state index in [0.29, 0.717) is 0 Å². The number of rotatable bonds is 5. The molecule has 0 rings (SSSR count). The average molecular weight is 279 g/mol. The number of sulfone groups is 1. The van der Waals surface area contributed by atoms with E-state index in [4.69, 9.17) is 10.9 Å². The van der Waals surface area contributed by atoms with Gasteiger partial charge in [-0.15, -0.1) is 0 Å². The molecule has 0 aromatic carbocycles. The Morgan fingerprint density at radius 2 is 1.78 bits per heavy atom. The van der Waals surface area contributed by atoms with Gasteiger partial charge in [-0.05, 0) is 13.8 Å². The summed E-state index contributed by atoms with van der Waals surface area (Å²) in [5.74, 6) is -0.663. The fraction of sp³-hybridized carbons (Fsp3) is 0.800. The molecule has 0 aliphatic carbocycles. The summed E-state index contributed by atoms with van der Waals surface area (Å²) in [4.78, 5) is 11.8. The van der Waals surface area contributed by atoms with Gasteiger partial charge in [-0.2, -0.15) is 0 Å². The quantitative estimate of drug-likeness (QED) is 0.276. The third kappa shape index (κ3) is 3.59. The Labute approximate surface area is 107 Å². The van der Waals surface area contributed by atoms with Crippen molar-refractivity contribution in [3.63, 3.8) is 0 Å². The summed E-state index contributed by atoms with van der Waals surface area (Å²) in [5, 5.41) is 13.9. The highest BCUT2D eigenvalue weighted by atomic mass is 32.2. The lowest BCUT2D eigenvalue weighted by molar-refractivity contribution is -0.123. The van der Waals surface area contributed by atoms with Crippen LogP contribution in [0.4, 0.5) is 0 Å². The minimum absolute atomic E-state index is 0.0417. The lowest BCUT2D eigenvalue weighted by atomic mass is 9.92. The highest BCUT2D eigenvalue weighted by Crippen LogP contribution is 2.17. The van der Waals surface area contributed by atoms with Crippen molar-refractivity contribution in [3.05, 3.63) is 0 Å². The van der Waals surface area contributed by atoms with E-state index in [9.17, 15) is 13.2 Å². The van der Waals surface area contributed by atoms with Crippen LogP contribution in [0.2, 0.25) is 0 Å². The highest BCUT2D eigenvalue weighted by Gasteiger charge is 2.39. The van der Waals surface area contributed by atoms with E-state index in [0.717, 1.165) is 6.26 Å². The molecular formula is C10H21N3O4S. The minimum atomic E-state index is -3.52. The number of hydrogen-bond donors (Lipinski definition) is 3. The number of nitrogens with one attached hydrogen (secondary N) is 1. The first-order chi connectivity index (χ1) is 7.86. The Morgan fingerprint density at radius 3 is 2.11 bits per heavy atom. The predicted octanol–water partition coefficient (Wildman–Crippen LogP) is -0.302. The van der Waals surface area contributed by atoms with Crippen LogP contribution >= 0.6 is 0 Å². The lowest BCUT2D eigenvalue weighted by Gasteiger charge is -2.27. The van der Waals surface area contributed by atoms with Gasteiger partial charge >= 0.3 is 0 Å². The van der Waals surface area contributed by atoms with Gasteiger partial charge in [0, 0.05) is 18.2 Å². The van der Waals surface area contributed by atoms with Gasteiger partial charge in [-0.1, -0.05) is 19.0 Å². The first-order valence-corrected chi connectivity index (χ1v) is 7.21. The van der Waals surface area contributed by atoms with Crippen LogP contribution < -0.4 is 11.1 Å². The smallest absolute Gasteiger partial charge is 0.240 e. The molecule has 0 atom stereocenters. The normalized spacial score (nSPS) is 14.4. The summed E-state index contributed by atoms with van der Waals surface area (Å²) in [6.45, 7) is 6.05. The summed E-state index contributed by atoms with van der Waals surface area (Å²) in [7, 11) is -3.52. The Balaban J connectivity index is 4.83. The van der Waals surface area contributed by atoms with Crippen LogP contribution in [0.15, 0.2) is 5.16 Å². The summed E-state index contributed by atoms with van der Waals surface area (Å²) in [6.07, 6.45) is 1.00. The molecule has 0 aromatic rings. The molecule has 0 aromatic heterocycles. The maximum Gasteiger partial charge on any atom is 0.240 e. The Hall–Kier alpha value is -1.31. The molecule has 0 bridgehead atoms. The molecule has 4 N–H and O–H groups in total. The molecule has 0 radical (unpaired) electrons. The fourth-order valence-corrected chi connectivity index (χ4v) is 1.32. The molecule has 1 amide bonds. The lowest BCUT2D eigenvalue weighted by Crippen LogP contribution is -2.51. The van der Waals surface area contributed by atoms with Crippen molar-refractivity contribution in [2.24, 2.45) is 16.3 Å². The number of amidine groups is 1. The van der Waals surface area contributed by atoms with Crippen molar-refractivity contribution in [1.29, 1.82) is 0 Å². The number of amides is 1. The van der Waals surface area contributed by atoms with E-state index >= 15 is 0 Å². The first-order valence-electron chi connectivity index (χ1n) is 5.32. The van der Waals surface area contributed by atoms with Gasteiger partial charge in [0.2, 0.25) is 5.91 Å². The van der Waals surface area contributed by atoms with Gasteiger partial charge in [0.25, 0.3) is 0 Å². The molecule has 0 saturated carbocycles. The van der Waals surface area contributed by atoms with E-state index in [2.05, 4.69) is 10.5 Å². The van der Waals surface area contributed by atoms with Crippen molar-refractivity contribution in [2.75, 3.05) is 12.8 Å². The Bertz CT molecular complexity index is 452. The molecule has 0 heterocycles. The van der Waals surface area contributed by atoms with Crippen LogP contribution in [0.3, 0.4) is 0 Å². The summed E-state index contributed by atoms with van der Waals surface area (Å²) < 4.78 is 21.4. The Kier molecular flexibility index (Phi) is 4.76. The van der Waals surface area contributed by atoms with Gasteiger partial charge in [-0.3, -0.25) is 4.79 Å². The topological polar surface area (TPSA) is 122 Å². The molecule has 0 fully saturated rings. The largest absolute Gasteiger partial charge is 0.409 e. The maximum absolute atomic E-state index is 11.8. The molecule has 0 saturated heterocycles. The van der Waals surface area contributed by atoms with Crippen molar-refractivity contribution in [1.82, 2.24) is 5.32 Å². The summed E-state index contributed by atoms with van der Waals surface area (Å²) in [5.41, 5.74) is 4.70. The zero-order chi connectivity index (χ0) is 14.8. The van der Waals surface area contributed by atoms with Crippen molar-refractivity contribution < 1.29 is 18.4 Å². The van der Waals surface area contributed by atoms with Crippen LogP contribution in [0, 0.1) is 5.41 Å². The van der Waals surface area contributed by atoms with E-state index in [1.54, 1.807) is 13.8 Å². The third-order valence-corrected chi connectivity index (χ3v) is 5.01. The van der Waals surface area contributed by atoms with Gasteiger partial charge in [0.1, 0.15) is 10.6 Å². The number of hydrogen-bond acceptors (Lipinski definition) is 5. The van der Waals surface area contributed by atoms with Crippen LogP contribution in [-0.4, -0.2) is 42.9 Å². The molecule has 0 aliphatic rings. The van der Waals surface area contributed by atoms with Crippen molar-refractivity contribution in [3.8, 4) is 0 Å². The highest BCUT2D eigenvalue weighted by molar-refractivity contribution is 7.92.